The molecular formula is C22H28N4O5S3. The van der Waals surface area contributed by atoms with Crippen molar-refractivity contribution in [2.75, 3.05) is 21.3 Å². The van der Waals surface area contributed by atoms with Gasteiger partial charge in [-0.3, -0.25) is 13.8 Å². The number of sulfonamides is 2. The zero-order valence-electron chi connectivity index (χ0n) is 19.4. The number of rotatable bonds is 6. The normalized spacial score (nSPS) is 26.0. The van der Waals surface area contributed by atoms with Gasteiger partial charge in [0, 0.05) is 13.0 Å². The van der Waals surface area contributed by atoms with Crippen LogP contribution in [-0.2, 0) is 31.3 Å². The molecule has 5 rings (SSSR count). The monoisotopic (exact) mass is 524 g/mol. The molecule has 0 spiro atoms. The molecule has 1 N–H and O–H groups in total. The van der Waals surface area contributed by atoms with Crippen molar-refractivity contribution in [2.45, 2.75) is 57.8 Å². The number of hydrogen-bond donors (Lipinski definition) is 1. The van der Waals surface area contributed by atoms with Gasteiger partial charge in [-0.15, -0.1) is 10.2 Å². The van der Waals surface area contributed by atoms with Gasteiger partial charge in [-0.05, 0) is 67.7 Å². The van der Waals surface area contributed by atoms with Crippen LogP contribution in [-0.4, -0.2) is 45.1 Å². The topological polar surface area (TPSA) is 126 Å². The lowest BCUT2D eigenvalue weighted by Crippen LogP contribution is -2.47. The summed E-state index contributed by atoms with van der Waals surface area (Å²) in [5.41, 5.74) is -0.0417. The maximum Gasteiger partial charge on any atom is 0.263 e. The van der Waals surface area contributed by atoms with Crippen molar-refractivity contribution >= 4 is 48.0 Å². The summed E-state index contributed by atoms with van der Waals surface area (Å²) in [6.45, 7) is 6.10. The number of nitrogens with zero attached hydrogens (tertiary/aromatic N) is 3. The van der Waals surface area contributed by atoms with Crippen molar-refractivity contribution in [1.82, 2.24) is 10.2 Å². The van der Waals surface area contributed by atoms with Gasteiger partial charge in [0.1, 0.15) is 10.8 Å². The van der Waals surface area contributed by atoms with E-state index < -0.39 is 25.5 Å². The van der Waals surface area contributed by atoms with Gasteiger partial charge in [0.15, 0.2) is 0 Å². The highest BCUT2D eigenvalue weighted by molar-refractivity contribution is 7.93. The summed E-state index contributed by atoms with van der Waals surface area (Å²) >= 11 is 1.13. The van der Waals surface area contributed by atoms with Gasteiger partial charge in [0.25, 0.3) is 10.0 Å². The van der Waals surface area contributed by atoms with Crippen LogP contribution in [0.2, 0.25) is 0 Å². The number of fused-ring (bicyclic) bond motifs is 3. The van der Waals surface area contributed by atoms with Crippen molar-refractivity contribution in [3.05, 3.63) is 28.8 Å². The second-order valence-electron chi connectivity index (χ2n) is 10.1. The number of hydrogen-bond acceptors (Lipinski definition) is 8. The van der Waals surface area contributed by atoms with Gasteiger partial charge in [-0.25, -0.2) is 16.8 Å². The Morgan fingerprint density at radius 1 is 1.21 bits per heavy atom. The third kappa shape index (κ3) is 3.56. The maximum absolute atomic E-state index is 13.7. The molecule has 2 unspecified atom stereocenters. The zero-order chi connectivity index (χ0) is 24.5. The molecule has 2 aromatic rings. The highest BCUT2D eigenvalue weighted by atomic mass is 32.2. The number of nitrogens with one attached hydrogen (secondary N) is 1. The molecule has 12 heteroatoms. The Kier molecular flexibility index (Phi) is 5.38. The minimum atomic E-state index is -3.89. The Morgan fingerprint density at radius 2 is 1.97 bits per heavy atom. The first-order valence-electron chi connectivity index (χ1n) is 11.4. The van der Waals surface area contributed by atoms with E-state index in [4.69, 9.17) is 0 Å². The summed E-state index contributed by atoms with van der Waals surface area (Å²) in [6.07, 6.45) is 3.10. The van der Waals surface area contributed by atoms with E-state index in [0.717, 1.165) is 17.8 Å². The number of aryl methyl sites for hydroxylation is 2. The van der Waals surface area contributed by atoms with Crippen molar-refractivity contribution in [3.8, 4) is 0 Å². The summed E-state index contributed by atoms with van der Waals surface area (Å²) in [5.74, 6) is 0.106. The van der Waals surface area contributed by atoms with E-state index in [1.165, 1.54) is 16.4 Å². The van der Waals surface area contributed by atoms with Crippen LogP contribution in [0.4, 0.5) is 10.8 Å². The Bertz CT molecular complexity index is 1380. The molecule has 9 nitrogen and oxygen atoms in total. The van der Waals surface area contributed by atoms with Crippen LogP contribution < -0.4 is 9.03 Å². The molecule has 34 heavy (non-hydrogen) atoms. The molecule has 2 bridgehead atoms. The lowest BCUT2D eigenvalue weighted by atomic mass is 9.70. The van der Waals surface area contributed by atoms with Crippen molar-refractivity contribution in [2.24, 2.45) is 16.7 Å². The van der Waals surface area contributed by atoms with E-state index >= 15 is 0 Å². The zero-order valence-corrected chi connectivity index (χ0v) is 21.8. The third-order valence-corrected chi connectivity index (χ3v) is 12.2. The van der Waals surface area contributed by atoms with Crippen LogP contribution in [0, 0.1) is 23.7 Å². The van der Waals surface area contributed by atoms with Crippen LogP contribution in [0.15, 0.2) is 23.1 Å². The average molecular weight is 525 g/mol. The molecule has 1 aromatic heterocycles. The van der Waals surface area contributed by atoms with Crippen LogP contribution in [0.5, 0.6) is 0 Å². The fourth-order valence-corrected chi connectivity index (χ4v) is 10.2. The molecule has 0 saturated heterocycles. The van der Waals surface area contributed by atoms with E-state index in [0.29, 0.717) is 48.5 Å². The van der Waals surface area contributed by atoms with E-state index in [1.807, 2.05) is 13.8 Å². The Labute approximate surface area is 204 Å². The highest BCUT2D eigenvalue weighted by Gasteiger charge is 2.65. The van der Waals surface area contributed by atoms with Gasteiger partial charge in [0.05, 0.1) is 21.8 Å². The van der Waals surface area contributed by atoms with Crippen molar-refractivity contribution in [1.29, 1.82) is 0 Å². The predicted octanol–water partition coefficient (Wildman–Crippen LogP) is 3.13. The standard InChI is InChI=1S/C22H28N4O5S3/c1-14-23-24-20(32-14)25-34(30,31)17-6-7-18-15(11-17)5-4-10-26(18)33(28,29)13-22-9-8-16(12-19(22)27)21(22,2)3/h6-7,11,16H,4-5,8-10,12-13H2,1-3H3,(H,24,25). The highest BCUT2D eigenvalue weighted by Crippen LogP contribution is 2.64. The van der Waals surface area contributed by atoms with Crippen LogP contribution >= 0.6 is 11.3 Å². The number of benzene rings is 1. The van der Waals surface area contributed by atoms with Crippen LogP contribution in [0.1, 0.15) is 50.1 Å². The first kappa shape index (κ1) is 23.7. The molecule has 1 aromatic carbocycles. The lowest BCUT2D eigenvalue weighted by Gasteiger charge is -2.39. The first-order valence-corrected chi connectivity index (χ1v) is 15.3. The van der Waals surface area contributed by atoms with Gasteiger partial charge in [-0.1, -0.05) is 25.2 Å². The number of carbonyl (C=O) groups excluding carboxylic acids is 1. The average Bonchev–Trinajstić information content (AvgIpc) is 3.32. The summed E-state index contributed by atoms with van der Waals surface area (Å²) < 4.78 is 56.9. The Morgan fingerprint density at radius 3 is 2.59 bits per heavy atom. The van der Waals surface area contributed by atoms with Crippen molar-refractivity contribution in [3.63, 3.8) is 0 Å². The minimum absolute atomic E-state index is 0.0442. The van der Waals surface area contributed by atoms with Crippen LogP contribution in [0.3, 0.4) is 0 Å². The third-order valence-electron chi connectivity index (χ3n) is 8.09. The van der Waals surface area contributed by atoms with E-state index in [2.05, 4.69) is 14.9 Å². The molecule has 2 atom stereocenters. The van der Waals surface area contributed by atoms with Gasteiger partial charge in [0.2, 0.25) is 15.2 Å². The minimum Gasteiger partial charge on any atom is -0.299 e. The number of aromatic nitrogens is 2. The predicted molar refractivity (Wildman–Crippen MR) is 130 cm³/mol. The number of anilines is 2. The molecule has 2 saturated carbocycles. The van der Waals surface area contributed by atoms with Crippen molar-refractivity contribution < 1.29 is 21.6 Å². The SMILES string of the molecule is Cc1nnc(NS(=O)(=O)c2ccc3c(c2)CCCN3S(=O)(=O)CC23CCC(CC2=O)C3(C)C)s1. The van der Waals surface area contributed by atoms with Crippen LogP contribution in [0.25, 0.3) is 0 Å². The number of carbonyl (C=O) groups is 1. The lowest BCUT2D eigenvalue weighted by molar-refractivity contribution is -0.128. The molecule has 2 heterocycles. The van der Waals surface area contributed by atoms with E-state index in [-0.39, 0.29) is 32.9 Å². The second-order valence-corrected chi connectivity index (χ2v) is 14.9. The first-order chi connectivity index (χ1) is 15.9. The quantitative estimate of drug-likeness (QED) is 0.615. The molecule has 0 amide bonds. The summed E-state index contributed by atoms with van der Waals surface area (Å²) in [6, 6.07) is 4.50. The van der Waals surface area contributed by atoms with Gasteiger partial charge < -0.3 is 0 Å². The summed E-state index contributed by atoms with van der Waals surface area (Å²) in [5, 5.41) is 8.44. The Hall–Kier alpha value is -2.05. The maximum atomic E-state index is 13.7. The fourth-order valence-electron chi connectivity index (χ4n) is 6.00. The summed E-state index contributed by atoms with van der Waals surface area (Å²) in [4.78, 5) is 13.0. The summed E-state index contributed by atoms with van der Waals surface area (Å²) in [7, 11) is -7.68. The van der Waals surface area contributed by atoms with E-state index in [1.54, 1.807) is 13.0 Å². The largest absolute Gasteiger partial charge is 0.299 e. The second kappa shape index (κ2) is 7.72. The smallest absolute Gasteiger partial charge is 0.263 e. The fraction of sp³-hybridized carbons (Fsp3) is 0.591. The molecule has 2 aliphatic carbocycles. The molecule has 2 fully saturated rings. The van der Waals surface area contributed by atoms with E-state index in [9.17, 15) is 21.6 Å². The number of Topliss-reactive ketones (excluding diaryl/α,β-unsaturated/α-hetero) is 1. The Balaban J connectivity index is 1.45. The molecular weight excluding hydrogens is 496 g/mol. The van der Waals surface area contributed by atoms with Gasteiger partial charge in [-0.2, -0.15) is 0 Å². The van der Waals surface area contributed by atoms with Gasteiger partial charge >= 0.3 is 0 Å². The molecule has 3 aliphatic rings. The molecule has 1 aliphatic heterocycles. The molecule has 184 valence electrons. The number of ketones is 1. The molecule has 0 radical (unpaired) electrons.